The Morgan fingerprint density at radius 2 is 1.81 bits per heavy atom. The predicted molar refractivity (Wildman–Crippen MR) is 89.5 cm³/mol. The fraction of sp³-hybridized carbons (Fsp3) is 0.611. The van der Waals surface area contributed by atoms with Gasteiger partial charge in [-0.25, -0.2) is 0 Å². The third-order valence-corrected chi connectivity index (χ3v) is 4.14. The largest absolute Gasteiger partial charge is 0.350 e. The molecule has 0 saturated heterocycles. The summed E-state index contributed by atoms with van der Waals surface area (Å²) in [5.74, 6) is 0.579. The molecule has 0 bridgehead atoms. The summed E-state index contributed by atoms with van der Waals surface area (Å²) in [4.78, 5) is 12.1. The van der Waals surface area contributed by atoms with Crippen molar-refractivity contribution < 1.29 is 4.79 Å². The van der Waals surface area contributed by atoms with Crippen LogP contribution in [0.5, 0.6) is 0 Å². The summed E-state index contributed by atoms with van der Waals surface area (Å²) >= 11 is 0. The van der Waals surface area contributed by atoms with Gasteiger partial charge in [0.15, 0.2) is 0 Å². The highest BCUT2D eigenvalue weighted by Crippen LogP contribution is 2.17. The summed E-state index contributed by atoms with van der Waals surface area (Å²) in [6, 6.07) is 10.3. The van der Waals surface area contributed by atoms with Crippen molar-refractivity contribution in [2.24, 2.45) is 0 Å². The second-order valence-corrected chi connectivity index (χ2v) is 6.50. The quantitative estimate of drug-likeness (QED) is 0.770. The SMILES string of the molecule is CCC(C)(C)NC(=O)C(C)NCCC(C)c1ccccc1. The first-order valence-corrected chi connectivity index (χ1v) is 7.96. The minimum atomic E-state index is -0.154. The van der Waals surface area contributed by atoms with Crippen molar-refractivity contribution in [3.63, 3.8) is 0 Å². The molecular weight excluding hydrogens is 260 g/mol. The number of hydrogen-bond donors (Lipinski definition) is 2. The molecule has 0 aliphatic heterocycles. The lowest BCUT2D eigenvalue weighted by Gasteiger charge is -2.27. The molecule has 0 heterocycles. The van der Waals surface area contributed by atoms with Gasteiger partial charge in [-0.15, -0.1) is 0 Å². The molecule has 1 amide bonds. The van der Waals surface area contributed by atoms with Gasteiger partial charge in [0.05, 0.1) is 6.04 Å². The van der Waals surface area contributed by atoms with E-state index in [0.29, 0.717) is 5.92 Å². The maximum absolute atomic E-state index is 12.1. The van der Waals surface area contributed by atoms with Crippen molar-refractivity contribution in [3.8, 4) is 0 Å². The Kier molecular flexibility index (Phi) is 6.90. The molecular formula is C18H30N2O. The van der Waals surface area contributed by atoms with Crippen LogP contribution in [-0.4, -0.2) is 24.0 Å². The molecule has 0 fully saturated rings. The summed E-state index contributed by atoms with van der Waals surface area (Å²) < 4.78 is 0. The first kappa shape index (κ1) is 17.7. The summed E-state index contributed by atoms with van der Waals surface area (Å²) in [7, 11) is 0. The van der Waals surface area contributed by atoms with Gasteiger partial charge < -0.3 is 10.6 Å². The molecule has 3 heteroatoms. The first-order chi connectivity index (χ1) is 9.85. The van der Waals surface area contributed by atoms with E-state index < -0.39 is 0 Å². The molecule has 0 saturated carbocycles. The highest BCUT2D eigenvalue weighted by molar-refractivity contribution is 5.81. The fourth-order valence-electron chi connectivity index (χ4n) is 2.09. The molecule has 0 spiro atoms. The number of rotatable bonds is 8. The number of carbonyl (C=O) groups is 1. The summed E-state index contributed by atoms with van der Waals surface area (Å²) in [5.41, 5.74) is 1.22. The summed E-state index contributed by atoms with van der Waals surface area (Å²) in [6.07, 6.45) is 1.95. The zero-order valence-corrected chi connectivity index (χ0v) is 14.1. The lowest BCUT2D eigenvalue weighted by atomic mass is 9.98. The van der Waals surface area contributed by atoms with Crippen LogP contribution >= 0.6 is 0 Å². The fourth-order valence-corrected chi connectivity index (χ4v) is 2.09. The first-order valence-electron chi connectivity index (χ1n) is 7.96. The molecule has 2 N–H and O–H groups in total. The Morgan fingerprint density at radius 1 is 1.19 bits per heavy atom. The van der Waals surface area contributed by atoms with Crippen LogP contribution in [0.2, 0.25) is 0 Å². The summed E-state index contributed by atoms with van der Waals surface area (Å²) in [6.45, 7) is 11.2. The van der Waals surface area contributed by atoms with Crippen molar-refractivity contribution in [2.45, 2.75) is 65.0 Å². The minimum Gasteiger partial charge on any atom is -0.350 e. The second kappa shape index (κ2) is 8.18. The Bertz CT molecular complexity index is 428. The van der Waals surface area contributed by atoms with E-state index in [1.54, 1.807) is 0 Å². The van der Waals surface area contributed by atoms with Crippen molar-refractivity contribution in [3.05, 3.63) is 35.9 Å². The Labute approximate surface area is 129 Å². The third kappa shape index (κ3) is 6.30. The maximum Gasteiger partial charge on any atom is 0.237 e. The van der Waals surface area contributed by atoms with Gasteiger partial charge >= 0.3 is 0 Å². The van der Waals surface area contributed by atoms with E-state index in [2.05, 4.69) is 62.6 Å². The van der Waals surface area contributed by atoms with Crippen LogP contribution in [0, 0.1) is 0 Å². The zero-order valence-electron chi connectivity index (χ0n) is 14.1. The van der Waals surface area contributed by atoms with Crippen LogP contribution in [0.1, 0.15) is 58.9 Å². The molecule has 0 radical (unpaired) electrons. The Hall–Kier alpha value is -1.35. The van der Waals surface area contributed by atoms with Crippen LogP contribution in [0.25, 0.3) is 0 Å². The van der Waals surface area contributed by atoms with Gasteiger partial charge in [-0.05, 0) is 51.6 Å². The van der Waals surface area contributed by atoms with E-state index in [1.807, 2.05) is 13.0 Å². The lowest BCUT2D eigenvalue weighted by molar-refractivity contribution is -0.124. The second-order valence-electron chi connectivity index (χ2n) is 6.50. The maximum atomic E-state index is 12.1. The summed E-state index contributed by atoms with van der Waals surface area (Å²) in [5, 5.41) is 6.39. The molecule has 3 nitrogen and oxygen atoms in total. The van der Waals surface area contributed by atoms with Crippen molar-refractivity contribution in [1.82, 2.24) is 10.6 Å². The van der Waals surface area contributed by atoms with E-state index in [1.165, 1.54) is 5.56 Å². The average molecular weight is 290 g/mol. The molecule has 1 aromatic carbocycles. The lowest BCUT2D eigenvalue weighted by Crippen LogP contribution is -2.50. The van der Waals surface area contributed by atoms with Crippen molar-refractivity contribution >= 4 is 5.91 Å². The number of hydrogen-bond acceptors (Lipinski definition) is 2. The van der Waals surface area contributed by atoms with Gasteiger partial charge in [0, 0.05) is 5.54 Å². The van der Waals surface area contributed by atoms with E-state index in [4.69, 9.17) is 0 Å². The number of carbonyl (C=O) groups excluding carboxylic acids is 1. The third-order valence-electron chi connectivity index (χ3n) is 4.14. The molecule has 2 unspecified atom stereocenters. The number of nitrogens with one attached hydrogen (secondary N) is 2. The van der Waals surface area contributed by atoms with Crippen molar-refractivity contribution in [1.29, 1.82) is 0 Å². The molecule has 0 aromatic heterocycles. The molecule has 1 aromatic rings. The van der Waals surface area contributed by atoms with Crippen LogP contribution in [0.4, 0.5) is 0 Å². The van der Waals surface area contributed by atoms with Gasteiger partial charge in [0.25, 0.3) is 0 Å². The predicted octanol–water partition coefficient (Wildman–Crippen LogP) is 3.46. The van der Waals surface area contributed by atoms with E-state index >= 15 is 0 Å². The van der Waals surface area contributed by atoms with Crippen LogP contribution in [0.3, 0.4) is 0 Å². The number of amides is 1. The van der Waals surface area contributed by atoms with Crippen molar-refractivity contribution in [2.75, 3.05) is 6.54 Å². The Balaban J connectivity index is 2.33. The van der Waals surface area contributed by atoms with Gasteiger partial charge in [-0.1, -0.05) is 44.2 Å². The van der Waals surface area contributed by atoms with E-state index in [-0.39, 0.29) is 17.5 Å². The molecule has 0 aliphatic rings. The average Bonchev–Trinajstić information content (AvgIpc) is 2.47. The minimum absolute atomic E-state index is 0.0780. The molecule has 1 rings (SSSR count). The highest BCUT2D eigenvalue weighted by atomic mass is 16.2. The van der Waals surface area contributed by atoms with Crippen LogP contribution in [-0.2, 0) is 4.79 Å². The van der Waals surface area contributed by atoms with Gasteiger partial charge in [-0.2, -0.15) is 0 Å². The standard InChI is InChI=1S/C18H30N2O/c1-6-18(4,5)20-17(21)15(3)19-13-12-14(2)16-10-8-7-9-11-16/h7-11,14-15,19H,6,12-13H2,1-5H3,(H,20,21). The van der Waals surface area contributed by atoms with Gasteiger partial charge in [0.1, 0.15) is 0 Å². The normalized spacial score (nSPS) is 14.5. The van der Waals surface area contributed by atoms with Gasteiger partial charge in [-0.3, -0.25) is 4.79 Å². The van der Waals surface area contributed by atoms with E-state index in [0.717, 1.165) is 19.4 Å². The van der Waals surface area contributed by atoms with E-state index in [9.17, 15) is 4.79 Å². The molecule has 0 aliphatic carbocycles. The molecule has 2 atom stereocenters. The molecule has 21 heavy (non-hydrogen) atoms. The highest BCUT2D eigenvalue weighted by Gasteiger charge is 2.21. The van der Waals surface area contributed by atoms with Crippen LogP contribution < -0.4 is 10.6 Å². The Morgan fingerprint density at radius 3 is 2.38 bits per heavy atom. The monoisotopic (exact) mass is 290 g/mol. The number of benzene rings is 1. The topological polar surface area (TPSA) is 41.1 Å². The zero-order chi connectivity index (χ0) is 15.9. The smallest absolute Gasteiger partial charge is 0.237 e. The molecule has 118 valence electrons. The van der Waals surface area contributed by atoms with Gasteiger partial charge in [0.2, 0.25) is 5.91 Å². The van der Waals surface area contributed by atoms with Crippen LogP contribution in [0.15, 0.2) is 30.3 Å².